The SMILES string of the molecule is CCC(C)NC[C@H](CC=O)N(Cc1ccc(F)cc1F)c1ccc(C#N)c(Cl)c1. The molecule has 0 aliphatic heterocycles. The Morgan fingerprint density at radius 2 is 2.03 bits per heavy atom. The van der Waals surface area contributed by atoms with Crippen LogP contribution in [-0.2, 0) is 11.3 Å². The molecule has 2 aromatic carbocycles. The van der Waals surface area contributed by atoms with Gasteiger partial charge in [0.2, 0.25) is 0 Å². The number of hydrogen-bond acceptors (Lipinski definition) is 4. The fourth-order valence-corrected chi connectivity index (χ4v) is 3.17. The Kier molecular flexibility index (Phi) is 8.56. The molecule has 29 heavy (non-hydrogen) atoms. The lowest BCUT2D eigenvalue weighted by molar-refractivity contribution is -0.108. The highest BCUT2D eigenvalue weighted by Gasteiger charge is 2.22. The van der Waals surface area contributed by atoms with Gasteiger partial charge in [0.1, 0.15) is 24.0 Å². The van der Waals surface area contributed by atoms with E-state index in [0.29, 0.717) is 23.4 Å². The third-order valence-corrected chi connectivity index (χ3v) is 5.20. The molecule has 0 radical (unpaired) electrons. The molecule has 0 fully saturated rings. The van der Waals surface area contributed by atoms with E-state index in [2.05, 4.69) is 12.2 Å². The first-order valence-corrected chi connectivity index (χ1v) is 9.84. The molecule has 2 atom stereocenters. The highest BCUT2D eigenvalue weighted by molar-refractivity contribution is 6.32. The molecule has 0 aromatic heterocycles. The zero-order valence-electron chi connectivity index (χ0n) is 16.5. The average Bonchev–Trinajstić information content (AvgIpc) is 2.70. The summed E-state index contributed by atoms with van der Waals surface area (Å²) in [6, 6.07) is 10.3. The standard InChI is InChI=1S/C22H24ClF2N3O/c1-3-15(2)27-13-20(8-9-29)28(14-17-4-6-18(24)10-22(17)25)19-7-5-16(12-26)21(23)11-19/h4-7,9-11,15,20,27H,3,8,13-14H2,1-2H3/t15?,20-/m0/s1. The van der Waals surface area contributed by atoms with Crippen molar-refractivity contribution in [2.24, 2.45) is 0 Å². The van der Waals surface area contributed by atoms with Crippen LogP contribution in [0.15, 0.2) is 36.4 Å². The van der Waals surface area contributed by atoms with Gasteiger partial charge in [-0.15, -0.1) is 0 Å². The van der Waals surface area contributed by atoms with Gasteiger partial charge >= 0.3 is 0 Å². The Labute approximate surface area is 175 Å². The summed E-state index contributed by atoms with van der Waals surface area (Å²) in [4.78, 5) is 13.2. The number of carbonyl (C=O) groups excluding carboxylic acids is 1. The largest absolute Gasteiger partial charge is 0.362 e. The summed E-state index contributed by atoms with van der Waals surface area (Å²) >= 11 is 6.20. The molecule has 1 N–H and O–H groups in total. The first-order valence-electron chi connectivity index (χ1n) is 9.46. The van der Waals surface area contributed by atoms with E-state index in [9.17, 15) is 13.6 Å². The predicted molar refractivity (Wildman–Crippen MR) is 111 cm³/mol. The number of aldehydes is 1. The Bertz CT molecular complexity index is 885. The van der Waals surface area contributed by atoms with Crippen LogP contribution in [-0.4, -0.2) is 24.9 Å². The molecule has 0 heterocycles. The average molecular weight is 420 g/mol. The molecule has 154 valence electrons. The molecule has 4 nitrogen and oxygen atoms in total. The smallest absolute Gasteiger partial charge is 0.131 e. The molecule has 0 bridgehead atoms. The van der Waals surface area contributed by atoms with Gasteiger partial charge in [0.25, 0.3) is 0 Å². The molecule has 1 unspecified atom stereocenters. The molecule has 0 spiro atoms. The van der Waals surface area contributed by atoms with Crippen molar-refractivity contribution in [3.63, 3.8) is 0 Å². The fourth-order valence-electron chi connectivity index (χ4n) is 2.95. The maximum atomic E-state index is 14.3. The Morgan fingerprint density at radius 3 is 2.62 bits per heavy atom. The number of nitrogens with zero attached hydrogens (tertiary/aromatic N) is 2. The van der Waals surface area contributed by atoms with Crippen LogP contribution in [0, 0.1) is 23.0 Å². The predicted octanol–water partition coefficient (Wildman–Crippen LogP) is 4.84. The molecule has 0 amide bonds. The van der Waals surface area contributed by atoms with Gasteiger partial charge in [0.05, 0.1) is 10.6 Å². The van der Waals surface area contributed by atoms with Crippen LogP contribution in [0.4, 0.5) is 14.5 Å². The van der Waals surface area contributed by atoms with Crippen molar-refractivity contribution in [1.29, 1.82) is 5.26 Å². The van der Waals surface area contributed by atoms with Gasteiger partial charge in [-0.3, -0.25) is 0 Å². The highest BCUT2D eigenvalue weighted by Crippen LogP contribution is 2.27. The minimum atomic E-state index is -0.658. The third-order valence-electron chi connectivity index (χ3n) is 4.88. The van der Waals surface area contributed by atoms with E-state index in [1.165, 1.54) is 12.1 Å². The lowest BCUT2D eigenvalue weighted by atomic mass is 10.1. The van der Waals surface area contributed by atoms with E-state index >= 15 is 0 Å². The Balaban J connectivity index is 2.43. The lowest BCUT2D eigenvalue weighted by Gasteiger charge is -2.34. The van der Waals surface area contributed by atoms with Crippen molar-refractivity contribution in [3.8, 4) is 6.07 Å². The molecule has 2 aromatic rings. The van der Waals surface area contributed by atoms with Crippen molar-refractivity contribution >= 4 is 23.6 Å². The first-order chi connectivity index (χ1) is 13.9. The number of carbonyl (C=O) groups is 1. The first kappa shape index (κ1) is 22.8. The van der Waals surface area contributed by atoms with E-state index in [1.54, 1.807) is 18.2 Å². The monoisotopic (exact) mass is 419 g/mol. The Hall–Kier alpha value is -2.49. The van der Waals surface area contributed by atoms with Gasteiger partial charge in [-0.25, -0.2) is 8.78 Å². The van der Waals surface area contributed by atoms with E-state index in [4.69, 9.17) is 16.9 Å². The highest BCUT2D eigenvalue weighted by atomic mass is 35.5. The summed E-state index contributed by atoms with van der Waals surface area (Å²) in [5, 5.41) is 12.8. The second kappa shape index (κ2) is 10.9. The van der Waals surface area contributed by atoms with Crippen molar-refractivity contribution in [2.45, 2.75) is 45.3 Å². The van der Waals surface area contributed by atoms with Crippen LogP contribution in [0.3, 0.4) is 0 Å². The quantitative estimate of drug-likeness (QED) is 0.560. The maximum Gasteiger partial charge on any atom is 0.131 e. The zero-order chi connectivity index (χ0) is 21.4. The summed E-state index contributed by atoms with van der Waals surface area (Å²) < 4.78 is 27.6. The normalized spacial score (nSPS) is 12.8. The molecule has 7 heteroatoms. The summed E-state index contributed by atoms with van der Waals surface area (Å²) in [5.74, 6) is -1.31. The number of halogens is 3. The zero-order valence-corrected chi connectivity index (χ0v) is 17.2. The molecular weight excluding hydrogens is 396 g/mol. The van der Waals surface area contributed by atoms with E-state index in [-0.39, 0.29) is 30.1 Å². The topological polar surface area (TPSA) is 56.1 Å². The van der Waals surface area contributed by atoms with Crippen LogP contribution in [0.5, 0.6) is 0 Å². The molecule has 0 saturated carbocycles. The van der Waals surface area contributed by atoms with E-state index < -0.39 is 11.6 Å². The number of hydrogen-bond donors (Lipinski definition) is 1. The van der Waals surface area contributed by atoms with Gasteiger partial charge in [-0.1, -0.05) is 24.6 Å². The van der Waals surface area contributed by atoms with Gasteiger partial charge in [0.15, 0.2) is 0 Å². The number of nitrogens with one attached hydrogen (secondary N) is 1. The summed E-state index contributed by atoms with van der Waals surface area (Å²) in [6.07, 6.45) is 1.95. The minimum absolute atomic E-state index is 0.120. The summed E-state index contributed by atoms with van der Waals surface area (Å²) in [6.45, 7) is 4.71. The molecule has 2 rings (SSSR count). The summed E-state index contributed by atoms with van der Waals surface area (Å²) in [7, 11) is 0. The van der Waals surface area contributed by atoms with Crippen LogP contribution in [0.2, 0.25) is 5.02 Å². The number of rotatable bonds is 10. The van der Waals surface area contributed by atoms with Crippen LogP contribution < -0.4 is 10.2 Å². The number of anilines is 1. The summed E-state index contributed by atoms with van der Waals surface area (Å²) in [5.41, 5.74) is 1.27. The van der Waals surface area contributed by atoms with Crippen molar-refractivity contribution in [1.82, 2.24) is 5.32 Å². The minimum Gasteiger partial charge on any atom is -0.362 e. The van der Waals surface area contributed by atoms with Crippen molar-refractivity contribution in [2.75, 3.05) is 11.4 Å². The lowest BCUT2D eigenvalue weighted by Crippen LogP contribution is -2.44. The van der Waals surface area contributed by atoms with E-state index in [1.807, 2.05) is 17.9 Å². The van der Waals surface area contributed by atoms with Gasteiger partial charge < -0.3 is 15.0 Å². The molecule has 0 aliphatic carbocycles. The Morgan fingerprint density at radius 1 is 1.28 bits per heavy atom. The number of nitriles is 1. The van der Waals surface area contributed by atoms with Crippen LogP contribution in [0.1, 0.15) is 37.8 Å². The van der Waals surface area contributed by atoms with Crippen LogP contribution >= 0.6 is 11.6 Å². The van der Waals surface area contributed by atoms with E-state index in [0.717, 1.165) is 18.8 Å². The fraction of sp³-hybridized carbons (Fsp3) is 0.364. The van der Waals surface area contributed by atoms with Crippen LogP contribution in [0.25, 0.3) is 0 Å². The van der Waals surface area contributed by atoms with Gasteiger partial charge in [-0.05, 0) is 37.6 Å². The van der Waals surface area contributed by atoms with Crippen molar-refractivity contribution in [3.05, 3.63) is 64.2 Å². The number of benzene rings is 2. The maximum absolute atomic E-state index is 14.3. The molecule has 0 saturated heterocycles. The molecule has 0 aliphatic rings. The van der Waals surface area contributed by atoms with Gasteiger partial charge in [-0.2, -0.15) is 5.26 Å². The van der Waals surface area contributed by atoms with Gasteiger partial charge in [0, 0.05) is 48.9 Å². The third kappa shape index (κ3) is 6.25. The molecular formula is C22H24ClF2N3O. The second-order valence-corrected chi connectivity index (χ2v) is 7.32. The van der Waals surface area contributed by atoms with Crippen molar-refractivity contribution < 1.29 is 13.6 Å². The second-order valence-electron chi connectivity index (χ2n) is 6.91.